The number of halogens is 1. The van der Waals surface area contributed by atoms with Crippen molar-refractivity contribution in [2.45, 2.75) is 118 Å². The Morgan fingerprint density at radius 3 is 2.42 bits per heavy atom. The van der Waals surface area contributed by atoms with Crippen molar-refractivity contribution >= 4 is 29.1 Å². The highest BCUT2D eigenvalue weighted by Crippen LogP contribution is 2.32. The molecule has 10 heteroatoms. The van der Waals surface area contributed by atoms with E-state index in [2.05, 4.69) is 37.0 Å². The van der Waals surface area contributed by atoms with E-state index in [4.69, 9.17) is 16.0 Å². The molecule has 0 radical (unpaired) electrons. The van der Waals surface area contributed by atoms with E-state index < -0.39 is 18.1 Å². The molecular formula is C35H50FN3O5S. The maximum atomic E-state index is 13.5. The number of hydroxylamine groups is 2. The SMILES string of the molecule is C#CCCCON(C(=O)CCCC)C(CC(OC(C)=O)c1nc(C(=O)NC(Cc2ccc(F)cc2)CC(C)(C)C)cs1)C(C)C. The van der Waals surface area contributed by atoms with Crippen LogP contribution in [0.2, 0.25) is 0 Å². The Balaban J connectivity index is 2.30. The fourth-order valence-corrected chi connectivity index (χ4v) is 5.84. The van der Waals surface area contributed by atoms with Gasteiger partial charge in [0.25, 0.3) is 5.91 Å². The summed E-state index contributed by atoms with van der Waals surface area (Å²) in [6.45, 7) is 13.9. The topological polar surface area (TPSA) is 97.8 Å². The quantitative estimate of drug-likeness (QED) is 0.0785. The number of hydrogen-bond acceptors (Lipinski definition) is 7. The lowest BCUT2D eigenvalue weighted by molar-refractivity contribution is -0.210. The molecule has 2 amide bonds. The Kier molecular flexibility index (Phi) is 15.7. The average Bonchev–Trinajstić information content (AvgIpc) is 3.45. The molecule has 45 heavy (non-hydrogen) atoms. The Hall–Kier alpha value is -3.29. The molecule has 0 spiro atoms. The first-order valence-electron chi connectivity index (χ1n) is 15.8. The molecule has 1 N–H and O–H groups in total. The first-order valence-corrected chi connectivity index (χ1v) is 16.7. The number of esters is 1. The number of thiazole rings is 1. The van der Waals surface area contributed by atoms with Crippen molar-refractivity contribution in [1.82, 2.24) is 15.4 Å². The van der Waals surface area contributed by atoms with Crippen LogP contribution in [0.25, 0.3) is 0 Å². The summed E-state index contributed by atoms with van der Waals surface area (Å²) < 4.78 is 19.2. The highest BCUT2D eigenvalue weighted by atomic mass is 32.1. The molecule has 8 nitrogen and oxygen atoms in total. The largest absolute Gasteiger partial charge is 0.455 e. The van der Waals surface area contributed by atoms with Gasteiger partial charge in [-0.25, -0.2) is 14.4 Å². The second kappa shape index (κ2) is 18.6. The van der Waals surface area contributed by atoms with Crippen LogP contribution in [0, 0.1) is 29.5 Å². The zero-order valence-electron chi connectivity index (χ0n) is 27.9. The van der Waals surface area contributed by atoms with E-state index in [9.17, 15) is 18.8 Å². The number of amides is 2. The number of terminal acetylenes is 1. The van der Waals surface area contributed by atoms with Gasteiger partial charge in [0.1, 0.15) is 16.5 Å². The van der Waals surface area contributed by atoms with Gasteiger partial charge in [0.15, 0.2) is 6.10 Å². The summed E-state index contributed by atoms with van der Waals surface area (Å²) in [6, 6.07) is 5.65. The maximum absolute atomic E-state index is 13.5. The van der Waals surface area contributed by atoms with Gasteiger partial charge in [-0.3, -0.25) is 19.2 Å². The minimum atomic E-state index is -0.790. The lowest BCUT2D eigenvalue weighted by Crippen LogP contribution is -2.44. The van der Waals surface area contributed by atoms with E-state index in [1.807, 2.05) is 20.8 Å². The fraction of sp³-hybridized carbons (Fsp3) is 0.600. The van der Waals surface area contributed by atoms with Crippen molar-refractivity contribution in [3.8, 4) is 12.3 Å². The molecule has 1 heterocycles. The van der Waals surface area contributed by atoms with Crippen molar-refractivity contribution in [1.29, 1.82) is 0 Å². The monoisotopic (exact) mass is 643 g/mol. The Morgan fingerprint density at radius 1 is 1.16 bits per heavy atom. The van der Waals surface area contributed by atoms with Crippen molar-refractivity contribution in [2.75, 3.05) is 6.61 Å². The van der Waals surface area contributed by atoms with E-state index >= 15 is 0 Å². The molecule has 1 aromatic carbocycles. The van der Waals surface area contributed by atoms with Crippen molar-refractivity contribution < 1.29 is 28.3 Å². The van der Waals surface area contributed by atoms with Gasteiger partial charge < -0.3 is 10.1 Å². The van der Waals surface area contributed by atoms with Gasteiger partial charge in [-0.05, 0) is 54.7 Å². The molecule has 0 saturated carbocycles. The molecule has 248 valence electrons. The summed E-state index contributed by atoms with van der Waals surface area (Å²) in [5.41, 5.74) is 1.06. The van der Waals surface area contributed by atoms with Gasteiger partial charge in [-0.2, -0.15) is 0 Å². The van der Waals surface area contributed by atoms with Gasteiger partial charge >= 0.3 is 5.97 Å². The zero-order chi connectivity index (χ0) is 33.6. The predicted molar refractivity (Wildman–Crippen MR) is 176 cm³/mol. The smallest absolute Gasteiger partial charge is 0.303 e. The molecule has 2 aromatic rings. The van der Waals surface area contributed by atoms with E-state index in [-0.39, 0.29) is 47.1 Å². The summed E-state index contributed by atoms with van der Waals surface area (Å²) in [7, 11) is 0. The van der Waals surface area contributed by atoms with Crippen molar-refractivity contribution in [3.05, 3.63) is 51.7 Å². The van der Waals surface area contributed by atoms with Crippen LogP contribution in [-0.2, 0) is 25.6 Å². The highest BCUT2D eigenvalue weighted by Gasteiger charge is 2.33. The van der Waals surface area contributed by atoms with Gasteiger partial charge in [0.05, 0.1) is 12.6 Å². The number of carbonyl (C=O) groups is 3. The number of nitrogens with zero attached hydrogens (tertiary/aromatic N) is 2. The van der Waals surface area contributed by atoms with Crippen LogP contribution in [0.4, 0.5) is 4.39 Å². The molecule has 0 aliphatic rings. The molecule has 0 bridgehead atoms. The average molecular weight is 644 g/mol. The molecule has 0 aliphatic heterocycles. The molecule has 0 saturated heterocycles. The van der Waals surface area contributed by atoms with Crippen LogP contribution in [0.15, 0.2) is 29.6 Å². The van der Waals surface area contributed by atoms with Gasteiger partial charge in [0, 0.05) is 37.6 Å². The van der Waals surface area contributed by atoms with E-state index in [0.29, 0.717) is 43.7 Å². The van der Waals surface area contributed by atoms with Gasteiger partial charge in [-0.1, -0.05) is 60.1 Å². The third kappa shape index (κ3) is 13.7. The fourth-order valence-electron chi connectivity index (χ4n) is 5.00. The number of benzene rings is 1. The third-order valence-corrected chi connectivity index (χ3v) is 8.08. The zero-order valence-corrected chi connectivity index (χ0v) is 28.7. The molecule has 2 rings (SSSR count). The summed E-state index contributed by atoms with van der Waals surface area (Å²) in [4.78, 5) is 49.5. The van der Waals surface area contributed by atoms with Crippen molar-refractivity contribution in [3.63, 3.8) is 0 Å². The number of hydrogen-bond donors (Lipinski definition) is 1. The van der Waals surface area contributed by atoms with Crippen LogP contribution in [-0.4, -0.2) is 46.5 Å². The number of rotatable bonds is 18. The molecular weight excluding hydrogens is 593 g/mol. The highest BCUT2D eigenvalue weighted by molar-refractivity contribution is 7.09. The van der Waals surface area contributed by atoms with Crippen LogP contribution in [0.5, 0.6) is 0 Å². The van der Waals surface area contributed by atoms with E-state index in [1.165, 1.54) is 35.5 Å². The predicted octanol–water partition coefficient (Wildman–Crippen LogP) is 7.44. The molecule has 0 fully saturated rings. The Morgan fingerprint density at radius 2 is 1.84 bits per heavy atom. The summed E-state index contributed by atoms with van der Waals surface area (Å²) >= 11 is 1.23. The molecule has 3 unspecified atom stereocenters. The molecule has 0 aliphatic carbocycles. The lowest BCUT2D eigenvalue weighted by atomic mass is 9.86. The lowest BCUT2D eigenvalue weighted by Gasteiger charge is -2.35. The number of aromatic nitrogens is 1. The minimum absolute atomic E-state index is 0.0337. The van der Waals surface area contributed by atoms with Crippen LogP contribution < -0.4 is 5.32 Å². The van der Waals surface area contributed by atoms with Gasteiger partial charge in [-0.15, -0.1) is 23.7 Å². The minimum Gasteiger partial charge on any atom is -0.455 e. The summed E-state index contributed by atoms with van der Waals surface area (Å²) in [6.07, 6.45) is 9.14. The van der Waals surface area contributed by atoms with Crippen LogP contribution >= 0.6 is 11.3 Å². The standard InChI is InChI=1S/C35H50FN3O5S/c1-9-11-13-19-43-39(32(41)14-12-10-2)30(24(3)4)21-31(44-25(5)40)34-38-29(23-45-34)33(42)37-28(22-35(6,7)8)20-26-15-17-27(36)18-16-26/h1,15-18,23-24,28,30-31H,10-14,19-22H2,2-8H3,(H,37,42). The summed E-state index contributed by atoms with van der Waals surface area (Å²) in [5.74, 6) is 1.27. The van der Waals surface area contributed by atoms with Crippen LogP contribution in [0.3, 0.4) is 0 Å². The maximum Gasteiger partial charge on any atom is 0.303 e. The Bertz CT molecular complexity index is 1270. The van der Waals surface area contributed by atoms with E-state index in [0.717, 1.165) is 18.4 Å². The summed E-state index contributed by atoms with van der Waals surface area (Å²) in [5, 5.41) is 6.65. The normalized spacial score (nSPS) is 13.5. The van der Waals surface area contributed by atoms with E-state index in [1.54, 1.807) is 17.5 Å². The Labute approximate surface area is 272 Å². The molecule has 1 aromatic heterocycles. The van der Waals surface area contributed by atoms with Crippen LogP contribution in [0.1, 0.15) is 121 Å². The first kappa shape index (κ1) is 37.9. The number of nitrogens with one attached hydrogen (secondary N) is 1. The molecule has 3 atom stereocenters. The second-order valence-corrected chi connectivity index (χ2v) is 13.8. The van der Waals surface area contributed by atoms with Crippen molar-refractivity contribution in [2.24, 2.45) is 11.3 Å². The second-order valence-electron chi connectivity index (χ2n) is 12.9. The third-order valence-electron chi connectivity index (χ3n) is 7.14. The number of carbonyl (C=O) groups excluding carboxylic acids is 3. The number of unbranched alkanes of at least 4 members (excludes halogenated alkanes) is 2. The number of ether oxygens (including phenoxy) is 1. The first-order chi connectivity index (χ1) is 21.2. The van der Waals surface area contributed by atoms with Gasteiger partial charge in [0.2, 0.25) is 5.91 Å².